The molecule has 170 valence electrons. The standard InChI is InChI=1S/C20H20FIN4O5S/c1-20(2,3)31-19(30)26(5)18-24-13-12(17(28)29)15(25(4)16(27)14(13)32-18)23-11-7-6-9(22)8-10(11)21/h6-8,23H,1-5H3,(H,28,29). The van der Waals surface area contributed by atoms with E-state index in [1.807, 2.05) is 22.6 Å². The molecule has 1 amide bonds. The Morgan fingerprint density at radius 3 is 2.56 bits per heavy atom. The van der Waals surface area contributed by atoms with E-state index in [1.165, 1.54) is 26.2 Å². The molecule has 0 unspecified atom stereocenters. The van der Waals surface area contributed by atoms with Gasteiger partial charge in [0.05, 0.1) is 5.69 Å². The summed E-state index contributed by atoms with van der Waals surface area (Å²) in [4.78, 5) is 42.8. The van der Waals surface area contributed by atoms with Gasteiger partial charge >= 0.3 is 12.1 Å². The minimum Gasteiger partial charge on any atom is -0.477 e. The number of aromatic nitrogens is 2. The highest BCUT2D eigenvalue weighted by molar-refractivity contribution is 14.1. The number of aromatic carboxylic acids is 1. The summed E-state index contributed by atoms with van der Waals surface area (Å²) in [5.74, 6) is -2.10. The van der Waals surface area contributed by atoms with Crippen LogP contribution in [0.2, 0.25) is 0 Å². The first-order valence-electron chi connectivity index (χ1n) is 9.25. The molecule has 1 aromatic carbocycles. The molecular weight excluding hydrogens is 554 g/mol. The number of rotatable bonds is 4. The van der Waals surface area contributed by atoms with E-state index in [2.05, 4.69) is 10.3 Å². The molecule has 12 heteroatoms. The first-order valence-corrected chi connectivity index (χ1v) is 11.1. The average molecular weight is 574 g/mol. The van der Waals surface area contributed by atoms with Gasteiger partial charge in [0.1, 0.15) is 33.0 Å². The van der Waals surface area contributed by atoms with Crippen LogP contribution in [-0.4, -0.2) is 39.4 Å². The van der Waals surface area contributed by atoms with Gasteiger partial charge in [-0.2, -0.15) is 0 Å². The van der Waals surface area contributed by atoms with Crippen LogP contribution in [-0.2, 0) is 11.8 Å². The Kier molecular flexibility index (Phi) is 6.47. The topological polar surface area (TPSA) is 114 Å². The minimum absolute atomic E-state index is 0.00333. The van der Waals surface area contributed by atoms with Crippen LogP contribution in [0.1, 0.15) is 31.1 Å². The van der Waals surface area contributed by atoms with Gasteiger partial charge in [0.25, 0.3) is 5.56 Å². The third-order valence-electron chi connectivity index (χ3n) is 4.28. The van der Waals surface area contributed by atoms with Gasteiger partial charge in [-0.1, -0.05) is 11.3 Å². The highest BCUT2D eigenvalue weighted by atomic mass is 127. The Morgan fingerprint density at radius 2 is 2.00 bits per heavy atom. The molecule has 32 heavy (non-hydrogen) atoms. The van der Waals surface area contributed by atoms with Crippen molar-refractivity contribution < 1.29 is 23.8 Å². The smallest absolute Gasteiger partial charge is 0.416 e. The van der Waals surface area contributed by atoms with Crippen molar-refractivity contribution in [3.63, 3.8) is 0 Å². The molecule has 0 saturated carbocycles. The first kappa shape index (κ1) is 23.9. The number of hydrogen-bond donors (Lipinski definition) is 2. The molecule has 0 aliphatic rings. The molecule has 0 atom stereocenters. The molecule has 0 spiro atoms. The predicted octanol–water partition coefficient (Wildman–Crippen LogP) is 4.55. The Morgan fingerprint density at radius 1 is 1.34 bits per heavy atom. The van der Waals surface area contributed by atoms with Crippen LogP contribution >= 0.6 is 33.9 Å². The van der Waals surface area contributed by atoms with E-state index in [-0.39, 0.29) is 32.4 Å². The van der Waals surface area contributed by atoms with Gasteiger partial charge in [0, 0.05) is 17.7 Å². The van der Waals surface area contributed by atoms with Crippen LogP contribution in [0.4, 0.5) is 25.8 Å². The van der Waals surface area contributed by atoms with Crippen molar-refractivity contribution in [3.05, 3.63) is 43.5 Å². The van der Waals surface area contributed by atoms with E-state index in [0.717, 1.165) is 20.8 Å². The zero-order chi connectivity index (χ0) is 24.0. The zero-order valence-electron chi connectivity index (χ0n) is 17.8. The number of halogens is 2. The molecule has 0 aliphatic carbocycles. The van der Waals surface area contributed by atoms with Crippen molar-refractivity contribution in [1.82, 2.24) is 9.55 Å². The first-order chi connectivity index (χ1) is 14.8. The second-order valence-electron chi connectivity index (χ2n) is 7.86. The molecule has 2 heterocycles. The van der Waals surface area contributed by atoms with E-state index in [9.17, 15) is 23.9 Å². The summed E-state index contributed by atoms with van der Waals surface area (Å²) >= 11 is 2.81. The fourth-order valence-electron chi connectivity index (χ4n) is 2.78. The number of carboxylic acid groups (broad SMARTS) is 1. The minimum atomic E-state index is -1.37. The lowest BCUT2D eigenvalue weighted by atomic mass is 10.2. The molecule has 9 nitrogen and oxygen atoms in total. The van der Waals surface area contributed by atoms with E-state index < -0.39 is 29.0 Å². The third kappa shape index (κ3) is 4.70. The van der Waals surface area contributed by atoms with Gasteiger partial charge in [-0.05, 0) is 61.6 Å². The van der Waals surface area contributed by atoms with Crippen molar-refractivity contribution in [3.8, 4) is 0 Å². The lowest BCUT2D eigenvalue weighted by Gasteiger charge is -2.23. The third-order valence-corrected chi connectivity index (χ3v) is 6.07. The van der Waals surface area contributed by atoms with Crippen molar-refractivity contribution in [1.29, 1.82) is 0 Å². The summed E-state index contributed by atoms with van der Waals surface area (Å²) in [6, 6.07) is 4.36. The van der Waals surface area contributed by atoms with Crippen LogP contribution in [0.15, 0.2) is 23.0 Å². The highest BCUT2D eigenvalue weighted by Gasteiger charge is 2.28. The number of benzene rings is 1. The van der Waals surface area contributed by atoms with Crippen molar-refractivity contribution in [2.75, 3.05) is 17.3 Å². The monoisotopic (exact) mass is 574 g/mol. The molecule has 0 bridgehead atoms. The number of hydrogen-bond acceptors (Lipinski definition) is 7. The number of fused-ring (bicyclic) bond motifs is 1. The molecule has 0 aliphatic heterocycles. The summed E-state index contributed by atoms with van der Waals surface area (Å²) in [5.41, 5.74) is -1.72. The molecule has 0 radical (unpaired) electrons. The second kappa shape index (κ2) is 8.65. The Labute approximate surface area is 200 Å². The van der Waals surface area contributed by atoms with Crippen LogP contribution in [0.25, 0.3) is 10.2 Å². The summed E-state index contributed by atoms with van der Waals surface area (Å²) in [6.45, 7) is 5.12. The molecule has 2 N–H and O–H groups in total. The summed E-state index contributed by atoms with van der Waals surface area (Å²) < 4.78 is 21.5. The van der Waals surface area contributed by atoms with Gasteiger partial charge in [0.2, 0.25) is 0 Å². The van der Waals surface area contributed by atoms with E-state index in [1.54, 1.807) is 26.8 Å². The number of nitrogens with zero attached hydrogens (tertiary/aromatic N) is 3. The van der Waals surface area contributed by atoms with Gasteiger partial charge in [-0.3, -0.25) is 14.3 Å². The number of nitrogens with one attached hydrogen (secondary N) is 1. The average Bonchev–Trinajstić information content (AvgIpc) is 3.10. The van der Waals surface area contributed by atoms with E-state index in [4.69, 9.17) is 4.74 Å². The van der Waals surface area contributed by atoms with Crippen LogP contribution < -0.4 is 15.8 Å². The summed E-state index contributed by atoms with van der Waals surface area (Å²) in [7, 11) is 2.79. The molecule has 0 saturated heterocycles. The molecular formula is C20H20FIN4O5S. The molecule has 0 fully saturated rings. The predicted molar refractivity (Wildman–Crippen MR) is 129 cm³/mol. The Bertz CT molecular complexity index is 1300. The number of anilines is 3. The Balaban J connectivity index is 2.17. The normalized spacial score (nSPS) is 11.5. The van der Waals surface area contributed by atoms with E-state index in [0.29, 0.717) is 3.57 Å². The Hall–Kier alpha value is -2.74. The van der Waals surface area contributed by atoms with Crippen molar-refractivity contribution in [2.45, 2.75) is 26.4 Å². The van der Waals surface area contributed by atoms with Crippen LogP contribution in [0.5, 0.6) is 0 Å². The van der Waals surface area contributed by atoms with Crippen molar-refractivity contribution >= 4 is 72.8 Å². The number of amides is 1. The lowest BCUT2D eigenvalue weighted by molar-refractivity contribution is 0.0588. The molecule has 2 aromatic heterocycles. The molecule has 3 aromatic rings. The maximum Gasteiger partial charge on any atom is 0.416 e. The fourth-order valence-corrected chi connectivity index (χ4v) is 4.23. The second-order valence-corrected chi connectivity index (χ2v) is 10.1. The summed E-state index contributed by atoms with van der Waals surface area (Å²) in [6.07, 6.45) is -0.704. The van der Waals surface area contributed by atoms with Gasteiger partial charge in [0.15, 0.2) is 5.13 Å². The number of pyridine rings is 1. The number of carboxylic acids is 1. The maximum atomic E-state index is 14.4. The van der Waals surface area contributed by atoms with Gasteiger partial charge in [-0.15, -0.1) is 0 Å². The lowest BCUT2D eigenvalue weighted by Crippen LogP contribution is -2.34. The van der Waals surface area contributed by atoms with Gasteiger partial charge in [-0.25, -0.2) is 19.0 Å². The maximum absolute atomic E-state index is 14.4. The SMILES string of the molecule is CN(C(=O)OC(C)(C)C)c1nc2c(C(=O)O)c(Nc3ccc(I)cc3F)n(C)c(=O)c2s1. The zero-order valence-corrected chi connectivity index (χ0v) is 20.8. The molecule has 3 rings (SSSR count). The van der Waals surface area contributed by atoms with Crippen LogP contribution in [0, 0.1) is 9.39 Å². The van der Waals surface area contributed by atoms with E-state index >= 15 is 0 Å². The van der Waals surface area contributed by atoms with Crippen molar-refractivity contribution in [2.24, 2.45) is 7.05 Å². The number of carbonyl (C=O) groups is 2. The number of thiazole rings is 1. The number of ether oxygens (including phenoxy) is 1. The van der Waals surface area contributed by atoms with Crippen LogP contribution in [0.3, 0.4) is 0 Å². The quantitative estimate of drug-likeness (QED) is 0.440. The number of carbonyl (C=O) groups excluding carboxylic acids is 1. The van der Waals surface area contributed by atoms with Gasteiger partial charge < -0.3 is 15.2 Å². The fraction of sp³-hybridized carbons (Fsp3) is 0.300. The largest absolute Gasteiger partial charge is 0.477 e. The highest BCUT2D eigenvalue weighted by Crippen LogP contribution is 2.33. The summed E-state index contributed by atoms with van der Waals surface area (Å²) in [5, 5.41) is 12.7.